The second-order valence-electron chi connectivity index (χ2n) is 3.05. The van der Waals surface area contributed by atoms with Crippen LogP contribution in [-0.2, 0) is 9.84 Å². The van der Waals surface area contributed by atoms with E-state index >= 15 is 0 Å². The van der Waals surface area contributed by atoms with E-state index in [4.69, 9.17) is 5.73 Å². The summed E-state index contributed by atoms with van der Waals surface area (Å²) >= 11 is 0. The fourth-order valence-corrected chi connectivity index (χ4v) is 2.24. The van der Waals surface area contributed by atoms with Crippen LogP contribution in [0.1, 0.15) is 11.1 Å². The molecule has 0 unspecified atom stereocenters. The van der Waals surface area contributed by atoms with Crippen molar-refractivity contribution in [2.75, 3.05) is 5.88 Å². The Labute approximate surface area is 78.5 Å². The molecule has 0 aromatic heterocycles. The van der Waals surface area contributed by atoms with E-state index in [9.17, 15) is 8.42 Å². The van der Waals surface area contributed by atoms with Crippen LogP contribution < -0.4 is 5.73 Å². The molecule has 0 radical (unpaired) electrons. The highest BCUT2D eigenvalue weighted by molar-refractivity contribution is 7.91. The van der Waals surface area contributed by atoms with Crippen molar-refractivity contribution >= 4 is 9.84 Å². The summed E-state index contributed by atoms with van der Waals surface area (Å²) in [5.41, 5.74) is 6.84. The topological polar surface area (TPSA) is 60.2 Å². The summed E-state index contributed by atoms with van der Waals surface area (Å²) in [5, 5.41) is 0. The van der Waals surface area contributed by atoms with Crippen molar-refractivity contribution in [3.63, 3.8) is 0 Å². The number of rotatable bonds is 2. The molecule has 0 aliphatic rings. The van der Waals surface area contributed by atoms with E-state index in [2.05, 4.69) is 0 Å². The van der Waals surface area contributed by atoms with Gasteiger partial charge >= 0.3 is 0 Å². The molecule has 2 N–H and O–H groups in total. The van der Waals surface area contributed by atoms with Gasteiger partial charge in [-0.3, -0.25) is 0 Å². The lowest BCUT2D eigenvalue weighted by atomic mass is 10.2. The molecule has 1 aromatic carbocycles. The molecule has 13 heavy (non-hydrogen) atoms. The van der Waals surface area contributed by atoms with Gasteiger partial charge in [-0.2, -0.15) is 0 Å². The highest BCUT2D eigenvalue weighted by Crippen LogP contribution is 2.16. The molecule has 1 rings (SSSR count). The van der Waals surface area contributed by atoms with Crippen LogP contribution in [-0.4, -0.2) is 14.3 Å². The third kappa shape index (κ3) is 2.08. The number of nitrogens with two attached hydrogens (primary N) is 1. The first-order valence-corrected chi connectivity index (χ1v) is 5.62. The Hall–Kier alpha value is -0.870. The van der Waals surface area contributed by atoms with Crippen LogP contribution in [0.5, 0.6) is 0 Å². The molecule has 3 nitrogen and oxygen atoms in total. The van der Waals surface area contributed by atoms with E-state index in [1.54, 1.807) is 19.1 Å². The lowest BCUT2D eigenvalue weighted by molar-refractivity contribution is 0.595. The first-order valence-electron chi connectivity index (χ1n) is 3.97. The minimum Gasteiger partial charge on any atom is -0.317 e. The molecule has 0 heterocycles. The van der Waals surface area contributed by atoms with Gasteiger partial charge in [0.25, 0.3) is 0 Å². The summed E-state index contributed by atoms with van der Waals surface area (Å²) in [7, 11) is -3.27. The van der Waals surface area contributed by atoms with Crippen molar-refractivity contribution in [1.29, 1.82) is 0 Å². The number of hydrogen-bond donors (Lipinski definition) is 1. The molecule has 0 bridgehead atoms. The van der Waals surface area contributed by atoms with Gasteiger partial charge < -0.3 is 5.73 Å². The fraction of sp³-hybridized carbons (Fsp3) is 0.333. The predicted molar refractivity (Wildman–Crippen MR) is 52.2 cm³/mol. The average Bonchev–Trinajstić information content (AvgIpc) is 2.09. The van der Waals surface area contributed by atoms with Crippen LogP contribution in [0.2, 0.25) is 0 Å². The molecule has 0 saturated carbocycles. The largest absolute Gasteiger partial charge is 0.317 e. The van der Waals surface area contributed by atoms with E-state index < -0.39 is 9.84 Å². The lowest BCUT2D eigenvalue weighted by Crippen LogP contribution is -2.15. The molecule has 0 aliphatic carbocycles. The molecule has 1 aromatic rings. The first kappa shape index (κ1) is 10.2. The Bertz CT molecular complexity index is 410. The summed E-state index contributed by atoms with van der Waals surface area (Å²) < 4.78 is 22.9. The van der Waals surface area contributed by atoms with Crippen LogP contribution in [0.25, 0.3) is 0 Å². The van der Waals surface area contributed by atoms with Gasteiger partial charge in [0, 0.05) is 0 Å². The van der Waals surface area contributed by atoms with Crippen LogP contribution in [0.3, 0.4) is 0 Å². The Morgan fingerprint density at radius 1 is 1.31 bits per heavy atom. The van der Waals surface area contributed by atoms with E-state index in [1.807, 2.05) is 13.0 Å². The third-order valence-electron chi connectivity index (χ3n) is 1.90. The summed E-state index contributed by atoms with van der Waals surface area (Å²) in [6.07, 6.45) is 0. The maximum absolute atomic E-state index is 11.4. The summed E-state index contributed by atoms with van der Waals surface area (Å²) in [6, 6.07) is 5.32. The Balaban J connectivity index is 3.38. The maximum Gasteiger partial charge on any atom is 0.191 e. The van der Waals surface area contributed by atoms with E-state index in [0.29, 0.717) is 4.90 Å². The van der Waals surface area contributed by atoms with Gasteiger partial charge in [-0.1, -0.05) is 12.1 Å². The van der Waals surface area contributed by atoms with Crippen molar-refractivity contribution in [2.45, 2.75) is 18.7 Å². The van der Waals surface area contributed by atoms with Gasteiger partial charge in [-0.15, -0.1) is 0 Å². The number of benzene rings is 1. The molecule has 0 spiro atoms. The molecule has 0 amide bonds. The van der Waals surface area contributed by atoms with Crippen molar-refractivity contribution in [3.8, 4) is 0 Å². The van der Waals surface area contributed by atoms with Crippen molar-refractivity contribution < 1.29 is 8.42 Å². The first-order chi connectivity index (χ1) is 5.97. The van der Waals surface area contributed by atoms with E-state index in [0.717, 1.165) is 11.1 Å². The van der Waals surface area contributed by atoms with E-state index in [1.165, 1.54) is 0 Å². The number of aryl methyl sites for hydroxylation is 2. The van der Waals surface area contributed by atoms with Gasteiger partial charge in [-0.05, 0) is 31.0 Å². The van der Waals surface area contributed by atoms with Crippen LogP contribution in [0.4, 0.5) is 0 Å². The molecule has 0 saturated heterocycles. The van der Waals surface area contributed by atoms with Crippen LogP contribution in [0.15, 0.2) is 23.1 Å². The van der Waals surface area contributed by atoms with Crippen LogP contribution >= 0.6 is 0 Å². The second kappa shape index (κ2) is 3.47. The monoisotopic (exact) mass is 199 g/mol. The Morgan fingerprint density at radius 2 is 1.92 bits per heavy atom. The highest BCUT2D eigenvalue weighted by atomic mass is 32.2. The summed E-state index contributed by atoms with van der Waals surface area (Å²) in [4.78, 5) is 0.343. The lowest BCUT2D eigenvalue weighted by Gasteiger charge is -2.05. The summed E-state index contributed by atoms with van der Waals surface area (Å²) in [5.74, 6) is -0.336. The molecular weight excluding hydrogens is 186 g/mol. The highest BCUT2D eigenvalue weighted by Gasteiger charge is 2.14. The second-order valence-corrected chi connectivity index (χ2v) is 5.05. The molecule has 0 atom stereocenters. The minimum atomic E-state index is -3.27. The average molecular weight is 199 g/mol. The molecular formula is C9H13NO2S. The van der Waals surface area contributed by atoms with Gasteiger partial charge in [0.15, 0.2) is 9.84 Å². The number of sulfone groups is 1. The molecule has 0 aliphatic heterocycles. The molecule has 0 fully saturated rings. The Kier molecular flexibility index (Phi) is 2.73. The molecule has 4 heteroatoms. The standard InChI is InChI=1S/C9H13NO2S/c1-7-3-4-8(2)9(5-7)13(11,12)6-10/h3-5H,6,10H2,1-2H3. The van der Waals surface area contributed by atoms with Crippen LogP contribution in [0, 0.1) is 13.8 Å². The molecule has 72 valence electrons. The minimum absolute atomic E-state index is 0.336. The zero-order chi connectivity index (χ0) is 10.1. The van der Waals surface area contributed by atoms with Crippen molar-refractivity contribution in [3.05, 3.63) is 29.3 Å². The van der Waals surface area contributed by atoms with Gasteiger partial charge in [0.1, 0.15) is 5.88 Å². The summed E-state index contributed by atoms with van der Waals surface area (Å²) in [6.45, 7) is 3.62. The van der Waals surface area contributed by atoms with Crippen molar-refractivity contribution in [1.82, 2.24) is 0 Å². The SMILES string of the molecule is Cc1ccc(C)c(S(=O)(=O)CN)c1. The van der Waals surface area contributed by atoms with Gasteiger partial charge in [0.05, 0.1) is 4.90 Å². The van der Waals surface area contributed by atoms with Gasteiger partial charge in [-0.25, -0.2) is 8.42 Å². The quantitative estimate of drug-likeness (QED) is 0.772. The van der Waals surface area contributed by atoms with Crippen molar-refractivity contribution in [2.24, 2.45) is 5.73 Å². The van der Waals surface area contributed by atoms with E-state index in [-0.39, 0.29) is 5.88 Å². The number of hydrogen-bond acceptors (Lipinski definition) is 3. The fourth-order valence-electron chi connectivity index (χ4n) is 1.13. The third-order valence-corrected chi connectivity index (χ3v) is 3.45. The normalized spacial score (nSPS) is 11.6. The zero-order valence-electron chi connectivity index (χ0n) is 7.74. The maximum atomic E-state index is 11.4. The zero-order valence-corrected chi connectivity index (χ0v) is 8.56. The van der Waals surface area contributed by atoms with Gasteiger partial charge in [0.2, 0.25) is 0 Å². The predicted octanol–water partition coefficient (Wildman–Crippen LogP) is 0.993. The smallest absolute Gasteiger partial charge is 0.191 e. The Morgan fingerprint density at radius 3 is 2.46 bits per heavy atom.